The summed E-state index contributed by atoms with van der Waals surface area (Å²) in [6.45, 7) is 8.60. The predicted octanol–water partition coefficient (Wildman–Crippen LogP) is 12.3. The zero-order valence-corrected chi connectivity index (χ0v) is 35.2. The van der Waals surface area contributed by atoms with Gasteiger partial charge in [-0.1, -0.05) is 119 Å². The number of nitrogens with zero attached hydrogens (tertiary/aromatic N) is 7. The molecule has 59 heavy (non-hydrogen) atoms. The van der Waals surface area contributed by atoms with Gasteiger partial charge in [0.1, 0.15) is 0 Å². The van der Waals surface area contributed by atoms with Crippen molar-refractivity contribution in [3.63, 3.8) is 0 Å². The Balaban J connectivity index is 0.00000420. The van der Waals surface area contributed by atoms with E-state index >= 15 is 0 Å². The number of pyridine rings is 1. The molecule has 0 radical (unpaired) electrons. The van der Waals surface area contributed by atoms with Gasteiger partial charge < -0.3 is 13.9 Å². The van der Waals surface area contributed by atoms with Gasteiger partial charge in [0.05, 0.1) is 11.3 Å². The summed E-state index contributed by atoms with van der Waals surface area (Å²) in [5.41, 5.74) is 13.4. The Bertz CT molecular complexity index is 3390. The first kappa shape index (κ1) is 36.5. The van der Waals surface area contributed by atoms with Gasteiger partial charge in [-0.2, -0.15) is 11.2 Å². The summed E-state index contributed by atoms with van der Waals surface area (Å²) in [5.74, 6) is 1.62. The van der Waals surface area contributed by atoms with Crippen molar-refractivity contribution in [3.05, 3.63) is 186 Å². The molecule has 0 fully saturated rings. The molecular formula is C51H37N7Pt. The number of anilines is 3. The minimum atomic E-state index is 0. The Labute approximate surface area is 356 Å². The van der Waals surface area contributed by atoms with Crippen molar-refractivity contribution in [1.29, 1.82) is 0 Å². The van der Waals surface area contributed by atoms with Crippen molar-refractivity contribution in [2.75, 3.05) is 4.90 Å². The fourth-order valence-corrected chi connectivity index (χ4v) is 8.89. The van der Waals surface area contributed by atoms with Crippen LogP contribution in [0.4, 0.5) is 17.1 Å². The normalized spacial score (nSPS) is 11.6. The van der Waals surface area contributed by atoms with Gasteiger partial charge in [0, 0.05) is 34.7 Å². The fraction of sp³-hybridized carbons (Fsp3) is 0.0784. The number of para-hydroxylation sites is 3. The molecule has 7 nitrogen and oxygen atoms in total. The maximum atomic E-state index is 5.00. The van der Waals surface area contributed by atoms with Crippen LogP contribution in [0.5, 0.6) is 0 Å². The van der Waals surface area contributed by atoms with Crippen LogP contribution in [-0.2, 0) is 21.1 Å². The van der Waals surface area contributed by atoms with Gasteiger partial charge in [0.2, 0.25) is 5.95 Å². The first-order chi connectivity index (χ1) is 28.5. The molecule has 7 aromatic carbocycles. The van der Waals surface area contributed by atoms with Crippen LogP contribution in [0.2, 0.25) is 0 Å². The third kappa shape index (κ3) is 5.64. The monoisotopic (exact) mass is 942 g/mol. The third-order valence-electron chi connectivity index (χ3n) is 11.5. The summed E-state index contributed by atoms with van der Waals surface area (Å²) in [7, 11) is 0. The summed E-state index contributed by atoms with van der Waals surface area (Å²) in [6, 6.07) is 56.8. The first-order valence-corrected chi connectivity index (χ1v) is 19.6. The van der Waals surface area contributed by atoms with Crippen LogP contribution in [-0.4, -0.2) is 28.7 Å². The molecule has 0 aliphatic heterocycles. The zero-order valence-electron chi connectivity index (χ0n) is 32.9. The van der Waals surface area contributed by atoms with E-state index < -0.39 is 0 Å². The maximum absolute atomic E-state index is 5.00. The molecule has 0 saturated heterocycles. The van der Waals surface area contributed by atoms with E-state index in [1.807, 2.05) is 12.3 Å². The zero-order chi connectivity index (χ0) is 39.1. The van der Waals surface area contributed by atoms with Crippen LogP contribution in [0.3, 0.4) is 0 Å². The summed E-state index contributed by atoms with van der Waals surface area (Å²) >= 11 is 0. The van der Waals surface area contributed by atoms with E-state index in [1.54, 1.807) is 0 Å². The molecule has 0 saturated carbocycles. The van der Waals surface area contributed by atoms with Crippen molar-refractivity contribution in [2.45, 2.75) is 27.7 Å². The number of hydrogen-bond acceptors (Lipinski definition) is 4. The average molecular weight is 943 g/mol. The molecule has 286 valence electrons. The smallest absolute Gasteiger partial charge is 0.352 e. The molecule has 0 atom stereocenters. The quantitative estimate of drug-likeness (QED) is 0.123. The van der Waals surface area contributed by atoms with Crippen molar-refractivity contribution in [3.8, 4) is 23.0 Å². The second-order valence-corrected chi connectivity index (χ2v) is 15.1. The summed E-state index contributed by atoms with van der Waals surface area (Å²) in [4.78, 5) is 7.24. The molecule has 0 amide bonds. The van der Waals surface area contributed by atoms with Gasteiger partial charge in [-0.25, -0.2) is 4.98 Å². The topological polar surface area (TPSA) is 56.2 Å². The molecule has 11 rings (SSSR count). The number of hydrogen-bond donors (Lipinski definition) is 0. The molecule has 0 aliphatic carbocycles. The molecule has 0 aliphatic rings. The molecule has 8 heteroatoms. The van der Waals surface area contributed by atoms with Crippen molar-refractivity contribution in [2.24, 2.45) is 0 Å². The number of rotatable bonds is 6. The van der Waals surface area contributed by atoms with Gasteiger partial charge in [-0.05, 0) is 85.1 Å². The van der Waals surface area contributed by atoms with E-state index in [0.29, 0.717) is 0 Å². The standard InChI is InChI=1S/C51H37N7.Pt/c1-32-14-8-9-20-39(32)49-53-54-50-43-30-37(25-27-42(43)47-33(2)15-13-23-45(47)58(49)50)56(36-18-6-5-7-19-36)38-24-26-41-40-21-10-11-22-44(40)57(46(41)31-38)51-52-28-29-55(51)48-34(3)16-12-17-35(48)4;/h5-29H,1-4H3;/q-2;+2. The Morgan fingerprint density at radius 3 is 2.03 bits per heavy atom. The predicted molar refractivity (Wildman–Crippen MR) is 236 cm³/mol. The van der Waals surface area contributed by atoms with Crippen LogP contribution < -0.4 is 4.90 Å². The van der Waals surface area contributed by atoms with Crippen LogP contribution in [0.1, 0.15) is 22.3 Å². The largest absolute Gasteiger partial charge is 2.00 e. The van der Waals surface area contributed by atoms with E-state index in [1.165, 1.54) is 16.7 Å². The minimum absolute atomic E-state index is 0. The van der Waals surface area contributed by atoms with Crippen LogP contribution >= 0.6 is 0 Å². The average Bonchev–Trinajstić information content (AvgIpc) is 3.98. The Hall–Kier alpha value is -6.82. The van der Waals surface area contributed by atoms with Crippen LogP contribution in [0.15, 0.2) is 152 Å². The van der Waals surface area contributed by atoms with Crippen LogP contribution in [0.25, 0.3) is 72.2 Å². The minimum Gasteiger partial charge on any atom is -0.352 e. The van der Waals surface area contributed by atoms with Gasteiger partial charge >= 0.3 is 21.1 Å². The summed E-state index contributed by atoms with van der Waals surface area (Å²) in [5, 5.41) is 15.1. The first-order valence-electron chi connectivity index (χ1n) is 19.6. The van der Waals surface area contributed by atoms with Gasteiger partial charge in [-0.3, -0.25) is 4.57 Å². The van der Waals surface area contributed by atoms with Crippen LogP contribution in [0, 0.1) is 39.8 Å². The Morgan fingerprint density at radius 2 is 1.22 bits per heavy atom. The molecule has 0 N–H and O–H groups in total. The van der Waals surface area contributed by atoms with Gasteiger partial charge in [0.25, 0.3) is 0 Å². The van der Waals surface area contributed by atoms with E-state index in [0.717, 1.165) is 94.8 Å². The second kappa shape index (κ2) is 14.2. The van der Waals surface area contributed by atoms with Gasteiger partial charge in [0.15, 0.2) is 5.82 Å². The molecule has 0 spiro atoms. The van der Waals surface area contributed by atoms with Crippen molar-refractivity contribution in [1.82, 2.24) is 28.7 Å². The van der Waals surface area contributed by atoms with E-state index in [-0.39, 0.29) is 21.1 Å². The number of fused-ring (bicyclic) bond motifs is 9. The molecule has 4 heterocycles. The number of benzene rings is 7. The maximum Gasteiger partial charge on any atom is 2.00 e. The molecule has 0 unspecified atom stereocenters. The van der Waals surface area contributed by atoms with E-state index in [4.69, 9.17) is 15.2 Å². The number of aryl methyl sites for hydroxylation is 4. The number of aromatic nitrogens is 6. The molecule has 4 aromatic heterocycles. The Morgan fingerprint density at radius 1 is 0.559 bits per heavy atom. The molecular weight excluding hydrogens is 906 g/mol. The summed E-state index contributed by atoms with van der Waals surface area (Å²) < 4.78 is 6.65. The second-order valence-electron chi connectivity index (χ2n) is 15.1. The fourth-order valence-electron chi connectivity index (χ4n) is 8.89. The van der Waals surface area contributed by atoms with E-state index in [2.05, 4.69) is 198 Å². The van der Waals surface area contributed by atoms with Crippen molar-refractivity contribution < 1.29 is 21.1 Å². The van der Waals surface area contributed by atoms with Crippen molar-refractivity contribution >= 4 is 66.2 Å². The summed E-state index contributed by atoms with van der Waals surface area (Å²) in [6.07, 6.45) is 3.93. The SMILES string of the molecule is Cc1ccccc1-c1nnc2c3[c-]c(N(c4[c-]c5c(cc4)c4ccccc4n5-c4nccn4-c4c(C)cccc4C)c4ccccc4)ccc3c3c(C)cccc3n12.[Pt+2]. The molecule has 11 aromatic rings. The Kier molecular flexibility index (Phi) is 8.80. The van der Waals surface area contributed by atoms with Gasteiger partial charge in [-0.15, -0.1) is 40.8 Å². The number of imidazole rings is 1. The molecule has 0 bridgehead atoms. The third-order valence-corrected chi connectivity index (χ3v) is 11.5. The van der Waals surface area contributed by atoms with E-state index in [9.17, 15) is 0 Å².